The van der Waals surface area contributed by atoms with E-state index in [1.54, 1.807) is 53.2 Å². The van der Waals surface area contributed by atoms with Crippen molar-refractivity contribution in [2.45, 2.75) is 6.54 Å². The van der Waals surface area contributed by atoms with Gasteiger partial charge in [0.15, 0.2) is 5.82 Å². The predicted molar refractivity (Wildman–Crippen MR) is 117 cm³/mol. The molecule has 3 heterocycles. The lowest BCUT2D eigenvalue weighted by molar-refractivity contribution is -0.115. The van der Waals surface area contributed by atoms with Gasteiger partial charge in [-0.25, -0.2) is 24.5 Å². The number of Topliss-reactive ketones (excluding diaryl/α,β-unsaturated/α-hetero) is 1. The standard InChI is InChI=1S/C24H17F2N5O2/c25-18-8-6-15(7-9-18)21-20(17-10-11-27-19(26)14-17)23-30(29-21)13-12-28-31(23)24(33)22(32)16-4-2-1-3-5-16/h1-11,14,28H,12-13H2. The van der Waals surface area contributed by atoms with Gasteiger partial charge in [-0.3, -0.25) is 9.59 Å². The number of aromatic nitrogens is 3. The molecule has 0 saturated heterocycles. The highest BCUT2D eigenvalue weighted by Crippen LogP contribution is 2.40. The molecule has 9 heteroatoms. The Morgan fingerprint density at radius 1 is 0.939 bits per heavy atom. The number of carbonyl (C=O) groups excluding carboxylic acids is 2. The van der Waals surface area contributed by atoms with Crippen molar-refractivity contribution in [2.24, 2.45) is 0 Å². The lowest BCUT2D eigenvalue weighted by Crippen LogP contribution is -2.51. The molecule has 0 fully saturated rings. The van der Waals surface area contributed by atoms with E-state index in [0.29, 0.717) is 41.3 Å². The van der Waals surface area contributed by atoms with Gasteiger partial charge in [-0.1, -0.05) is 30.3 Å². The maximum absolute atomic E-state index is 14.0. The predicted octanol–water partition coefficient (Wildman–Crippen LogP) is 3.62. The molecule has 1 N–H and O–H groups in total. The Balaban J connectivity index is 1.68. The van der Waals surface area contributed by atoms with Gasteiger partial charge in [-0.15, -0.1) is 0 Å². The number of hydrogen-bond acceptors (Lipinski definition) is 5. The van der Waals surface area contributed by atoms with Crippen molar-refractivity contribution in [2.75, 3.05) is 11.6 Å². The Morgan fingerprint density at radius 2 is 1.70 bits per heavy atom. The van der Waals surface area contributed by atoms with E-state index in [0.717, 1.165) is 5.01 Å². The zero-order chi connectivity index (χ0) is 22.9. The lowest BCUT2D eigenvalue weighted by Gasteiger charge is -2.29. The van der Waals surface area contributed by atoms with Crippen molar-refractivity contribution < 1.29 is 18.4 Å². The molecule has 0 atom stereocenters. The first-order chi connectivity index (χ1) is 16.0. The van der Waals surface area contributed by atoms with Crippen molar-refractivity contribution in [1.29, 1.82) is 0 Å². The second-order valence-electron chi connectivity index (χ2n) is 7.39. The van der Waals surface area contributed by atoms with Crippen molar-refractivity contribution in [3.8, 4) is 22.4 Å². The second kappa shape index (κ2) is 8.36. The van der Waals surface area contributed by atoms with E-state index >= 15 is 0 Å². The van der Waals surface area contributed by atoms with Gasteiger partial charge >= 0.3 is 5.91 Å². The number of rotatable bonds is 4. The Hall–Kier alpha value is -4.24. The molecule has 0 radical (unpaired) electrons. The number of anilines is 1. The third kappa shape index (κ3) is 3.79. The number of pyridine rings is 1. The largest absolute Gasteiger partial charge is 0.315 e. The average molecular weight is 445 g/mol. The van der Waals surface area contributed by atoms with Crippen LogP contribution in [0.25, 0.3) is 22.4 Å². The molecule has 0 bridgehead atoms. The third-order valence-corrected chi connectivity index (χ3v) is 5.30. The number of ketones is 1. The normalized spacial score (nSPS) is 13.0. The number of amides is 1. The smallest absolute Gasteiger partial charge is 0.283 e. The van der Waals surface area contributed by atoms with Crippen LogP contribution in [0.1, 0.15) is 10.4 Å². The molecule has 7 nitrogen and oxygen atoms in total. The van der Waals surface area contributed by atoms with Crippen LogP contribution in [0.15, 0.2) is 72.9 Å². The quantitative estimate of drug-likeness (QED) is 0.295. The van der Waals surface area contributed by atoms with Crippen LogP contribution in [0, 0.1) is 11.8 Å². The number of halogens is 2. The van der Waals surface area contributed by atoms with Gasteiger partial charge in [-0.05, 0) is 35.9 Å². The van der Waals surface area contributed by atoms with Crippen LogP contribution in [0.5, 0.6) is 0 Å². The summed E-state index contributed by atoms with van der Waals surface area (Å²) in [6.07, 6.45) is 1.31. The zero-order valence-electron chi connectivity index (χ0n) is 17.2. The minimum Gasteiger partial charge on any atom is -0.283 e. The molecular weight excluding hydrogens is 428 g/mol. The summed E-state index contributed by atoms with van der Waals surface area (Å²) in [5.41, 5.74) is 5.03. The highest BCUT2D eigenvalue weighted by Gasteiger charge is 2.34. The molecular formula is C24H17F2N5O2. The second-order valence-corrected chi connectivity index (χ2v) is 7.39. The van der Waals surface area contributed by atoms with Gasteiger partial charge in [0.05, 0.1) is 12.1 Å². The van der Waals surface area contributed by atoms with Crippen LogP contribution in [-0.2, 0) is 11.3 Å². The first-order valence-electron chi connectivity index (χ1n) is 10.2. The van der Waals surface area contributed by atoms with Crippen LogP contribution in [0.3, 0.4) is 0 Å². The number of benzene rings is 2. The Labute approximate surface area is 187 Å². The molecule has 33 heavy (non-hydrogen) atoms. The molecule has 0 unspecified atom stereocenters. The van der Waals surface area contributed by atoms with Crippen LogP contribution in [0.4, 0.5) is 14.6 Å². The van der Waals surface area contributed by atoms with Crippen LogP contribution < -0.4 is 10.4 Å². The molecule has 2 aromatic carbocycles. The maximum atomic E-state index is 14.0. The van der Waals surface area contributed by atoms with Gasteiger partial charge in [0.1, 0.15) is 11.5 Å². The number of hydrogen-bond donors (Lipinski definition) is 1. The van der Waals surface area contributed by atoms with Crippen molar-refractivity contribution in [1.82, 2.24) is 20.2 Å². The summed E-state index contributed by atoms with van der Waals surface area (Å²) < 4.78 is 29.2. The SMILES string of the molecule is O=C(C(=O)N1NCCn2nc(-c3ccc(F)cc3)c(-c3ccnc(F)c3)c21)c1ccccc1. The van der Waals surface area contributed by atoms with Gasteiger partial charge < -0.3 is 0 Å². The van der Waals surface area contributed by atoms with Crippen molar-refractivity contribution in [3.63, 3.8) is 0 Å². The van der Waals surface area contributed by atoms with Crippen LogP contribution in [-0.4, -0.2) is 33.0 Å². The fraction of sp³-hybridized carbons (Fsp3) is 0.0833. The Bertz CT molecular complexity index is 1350. The summed E-state index contributed by atoms with van der Waals surface area (Å²) >= 11 is 0. The van der Waals surface area contributed by atoms with Gasteiger partial charge in [0.25, 0.3) is 5.78 Å². The highest BCUT2D eigenvalue weighted by atomic mass is 19.1. The molecule has 1 amide bonds. The molecule has 0 saturated carbocycles. The zero-order valence-corrected chi connectivity index (χ0v) is 17.2. The van der Waals surface area contributed by atoms with E-state index in [-0.39, 0.29) is 5.56 Å². The first-order valence-corrected chi connectivity index (χ1v) is 10.2. The first kappa shape index (κ1) is 20.7. The molecule has 2 aromatic heterocycles. The monoisotopic (exact) mass is 445 g/mol. The number of fused-ring (bicyclic) bond motifs is 1. The molecule has 1 aliphatic rings. The summed E-state index contributed by atoms with van der Waals surface area (Å²) in [6.45, 7) is 0.746. The minimum atomic E-state index is -0.802. The summed E-state index contributed by atoms with van der Waals surface area (Å²) in [5, 5.41) is 5.77. The van der Waals surface area contributed by atoms with Crippen molar-refractivity contribution >= 4 is 17.5 Å². The fourth-order valence-electron chi connectivity index (χ4n) is 3.79. The van der Waals surface area contributed by atoms with E-state index in [1.807, 2.05) is 0 Å². The van der Waals surface area contributed by atoms with Crippen molar-refractivity contribution in [3.05, 3.63) is 90.3 Å². The maximum Gasteiger partial charge on any atom is 0.315 e. The summed E-state index contributed by atoms with van der Waals surface area (Å²) in [6, 6.07) is 16.7. The summed E-state index contributed by atoms with van der Waals surface area (Å²) in [5.74, 6) is -2.33. The lowest BCUT2D eigenvalue weighted by atomic mass is 10.0. The number of hydrazine groups is 1. The molecule has 1 aliphatic heterocycles. The van der Waals surface area contributed by atoms with E-state index in [2.05, 4.69) is 15.5 Å². The van der Waals surface area contributed by atoms with Crippen LogP contribution in [0.2, 0.25) is 0 Å². The van der Waals surface area contributed by atoms with E-state index in [9.17, 15) is 18.4 Å². The average Bonchev–Trinajstić information content (AvgIpc) is 3.24. The minimum absolute atomic E-state index is 0.246. The number of carbonyl (C=O) groups is 2. The fourth-order valence-corrected chi connectivity index (χ4v) is 3.79. The van der Waals surface area contributed by atoms with Gasteiger partial charge in [-0.2, -0.15) is 9.49 Å². The molecule has 0 spiro atoms. The highest BCUT2D eigenvalue weighted by molar-refractivity contribution is 6.47. The summed E-state index contributed by atoms with van der Waals surface area (Å²) in [7, 11) is 0. The van der Waals surface area contributed by atoms with Crippen LogP contribution >= 0.6 is 0 Å². The van der Waals surface area contributed by atoms with E-state index in [4.69, 9.17) is 0 Å². The molecule has 164 valence electrons. The van der Waals surface area contributed by atoms with E-state index in [1.165, 1.54) is 24.4 Å². The Morgan fingerprint density at radius 3 is 2.42 bits per heavy atom. The number of nitrogens with zero attached hydrogens (tertiary/aromatic N) is 4. The Kier molecular flexibility index (Phi) is 5.23. The summed E-state index contributed by atoms with van der Waals surface area (Å²) in [4.78, 5) is 29.7. The molecule has 0 aliphatic carbocycles. The van der Waals surface area contributed by atoms with E-state index < -0.39 is 23.5 Å². The molecule has 5 rings (SSSR count). The topological polar surface area (TPSA) is 80.1 Å². The third-order valence-electron chi connectivity index (χ3n) is 5.30. The molecule has 4 aromatic rings. The van der Waals surface area contributed by atoms with Gasteiger partial charge in [0, 0.05) is 29.9 Å². The van der Waals surface area contributed by atoms with Gasteiger partial charge in [0.2, 0.25) is 5.95 Å². The number of nitrogens with one attached hydrogen (secondary N) is 1.